The zero-order valence-electron chi connectivity index (χ0n) is 30.5. The molecule has 0 aliphatic carbocycles. The van der Waals surface area contributed by atoms with Crippen LogP contribution in [0.1, 0.15) is 108 Å². The number of carbonyl (C=O) groups is 4. The quantitative estimate of drug-likeness (QED) is 0.202. The molecule has 1 unspecified atom stereocenters. The Morgan fingerprint density at radius 1 is 0.646 bits per heavy atom. The average Bonchev–Trinajstić information content (AvgIpc) is 2.99. The van der Waals surface area contributed by atoms with Crippen LogP contribution >= 0.6 is 0 Å². The highest BCUT2D eigenvalue weighted by atomic mass is 16.2. The molecule has 258 valence electrons. The third kappa shape index (κ3) is 10.0. The van der Waals surface area contributed by atoms with E-state index in [2.05, 4.69) is 21.3 Å². The van der Waals surface area contributed by atoms with E-state index in [1.54, 1.807) is 19.2 Å². The summed E-state index contributed by atoms with van der Waals surface area (Å²) in [5.74, 6) is -1.60. The van der Waals surface area contributed by atoms with Crippen molar-refractivity contribution < 1.29 is 19.2 Å². The van der Waals surface area contributed by atoms with E-state index >= 15 is 0 Å². The van der Waals surface area contributed by atoms with E-state index in [4.69, 9.17) is 0 Å². The van der Waals surface area contributed by atoms with Crippen molar-refractivity contribution in [3.8, 4) is 0 Å². The predicted octanol–water partition coefficient (Wildman–Crippen LogP) is 6.04. The molecule has 3 rings (SSSR count). The smallest absolute Gasteiger partial charge is 0.251 e. The van der Waals surface area contributed by atoms with Gasteiger partial charge in [-0.2, -0.15) is 0 Å². The Morgan fingerprint density at radius 3 is 1.58 bits per heavy atom. The van der Waals surface area contributed by atoms with Crippen molar-refractivity contribution in [1.82, 2.24) is 21.3 Å². The highest BCUT2D eigenvalue weighted by Crippen LogP contribution is 2.32. The number of carbonyl (C=O) groups excluding carboxylic acids is 4. The number of hydrogen-bond acceptors (Lipinski definition) is 4. The molecule has 4 N–H and O–H groups in total. The summed E-state index contributed by atoms with van der Waals surface area (Å²) >= 11 is 0. The molecule has 0 aliphatic rings. The zero-order valence-corrected chi connectivity index (χ0v) is 30.5. The van der Waals surface area contributed by atoms with Crippen molar-refractivity contribution in [1.29, 1.82) is 0 Å². The number of rotatable bonds is 11. The highest BCUT2D eigenvalue weighted by Gasteiger charge is 2.36. The molecule has 0 saturated carbocycles. The van der Waals surface area contributed by atoms with Gasteiger partial charge < -0.3 is 21.3 Å². The third-order valence-corrected chi connectivity index (χ3v) is 8.25. The van der Waals surface area contributed by atoms with Gasteiger partial charge in [0.25, 0.3) is 5.91 Å². The van der Waals surface area contributed by atoms with Gasteiger partial charge in [0.05, 0.1) is 5.41 Å². The zero-order chi connectivity index (χ0) is 36.1. The second-order valence-electron chi connectivity index (χ2n) is 15.9. The van der Waals surface area contributed by atoms with Gasteiger partial charge in [-0.15, -0.1) is 0 Å². The van der Waals surface area contributed by atoms with Crippen molar-refractivity contribution in [2.24, 2.45) is 5.41 Å². The molecule has 1 atom stereocenters. The van der Waals surface area contributed by atoms with Crippen molar-refractivity contribution >= 4 is 23.6 Å². The average molecular weight is 655 g/mol. The Hall–Kier alpha value is -4.46. The Labute approximate surface area is 286 Å². The molecule has 8 nitrogen and oxygen atoms in total. The molecule has 8 heteroatoms. The largest absolute Gasteiger partial charge is 0.357 e. The lowest BCUT2D eigenvalue weighted by atomic mass is 9.78. The third-order valence-electron chi connectivity index (χ3n) is 8.25. The van der Waals surface area contributed by atoms with Gasteiger partial charge in [0.2, 0.25) is 17.7 Å². The summed E-state index contributed by atoms with van der Waals surface area (Å²) < 4.78 is 0. The maximum Gasteiger partial charge on any atom is 0.251 e. The summed E-state index contributed by atoms with van der Waals surface area (Å²) in [5.41, 5.74) is 0.652. The minimum atomic E-state index is -1.02. The van der Waals surface area contributed by atoms with Crippen LogP contribution in [0, 0.1) is 5.41 Å². The lowest BCUT2D eigenvalue weighted by molar-refractivity contribution is -0.131. The van der Waals surface area contributed by atoms with E-state index in [1.807, 2.05) is 136 Å². The number of amides is 4. The highest BCUT2D eigenvalue weighted by molar-refractivity contribution is 5.99. The van der Waals surface area contributed by atoms with Gasteiger partial charge in [0.15, 0.2) is 0 Å². The maximum atomic E-state index is 14.3. The van der Waals surface area contributed by atoms with E-state index in [0.717, 1.165) is 16.7 Å². The molecule has 0 aliphatic heterocycles. The summed E-state index contributed by atoms with van der Waals surface area (Å²) in [5, 5.41) is 11.9. The molecule has 0 saturated heterocycles. The molecular weight excluding hydrogens is 600 g/mol. The molecule has 0 spiro atoms. The fourth-order valence-electron chi connectivity index (χ4n) is 5.59. The van der Waals surface area contributed by atoms with Crippen LogP contribution in [-0.4, -0.2) is 47.8 Å². The number of benzene rings is 3. The van der Waals surface area contributed by atoms with E-state index in [0.29, 0.717) is 17.5 Å². The molecule has 48 heavy (non-hydrogen) atoms. The minimum absolute atomic E-state index is 0.121. The van der Waals surface area contributed by atoms with E-state index < -0.39 is 39.8 Å². The van der Waals surface area contributed by atoms with Crippen LogP contribution < -0.4 is 21.3 Å². The van der Waals surface area contributed by atoms with Gasteiger partial charge >= 0.3 is 0 Å². The van der Waals surface area contributed by atoms with Crippen molar-refractivity contribution in [2.75, 3.05) is 7.05 Å². The standard InChI is InChI=1S/C40H54N4O4/c1-37(2,3)43-35(47)39(7,8)25-26-22-29(24-30(23-26)40(9,10)36(48)44-38(4,5)6)33(45)42-32(34(46)41-11)31(27-18-14-12-15-19-27)28-20-16-13-17-21-28/h12-24,31-32H,25H2,1-11H3,(H,41,46)(H,42,45)(H,43,47)(H,44,48). The second-order valence-corrected chi connectivity index (χ2v) is 15.9. The summed E-state index contributed by atoms with van der Waals surface area (Å²) in [4.78, 5) is 54.8. The second kappa shape index (κ2) is 14.8. The van der Waals surface area contributed by atoms with E-state index in [1.165, 1.54) is 0 Å². The van der Waals surface area contributed by atoms with Gasteiger partial charge in [-0.3, -0.25) is 19.2 Å². The monoisotopic (exact) mass is 654 g/mol. The summed E-state index contributed by atoms with van der Waals surface area (Å²) in [7, 11) is 1.55. The van der Waals surface area contributed by atoms with Crippen LogP contribution in [0.5, 0.6) is 0 Å². The lowest BCUT2D eigenvalue weighted by Gasteiger charge is -2.32. The minimum Gasteiger partial charge on any atom is -0.357 e. The first-order valence-corrected chi connectivity index (χ1v) is 16.6. The fraction of sp³-hybridized carbons (Fsp3) is 0.450. The van der Waals surface area contributed by atoms with Gasteiger partial charge in [-0.25, -0.2) is 0 Å². The van der Waals surface area contributed by atoms with E-state index in [-0.39, 0.29) is 17.7 Å². The van der Waals surface area contributed by atoms with Crippen LogP contribution in [0.25, 0.3) is 0 Å². The van der Waals surface area contributed by atoms with Crippen molar-refractivity contribution in [3.05, 3.63) is 107 Å². The van der Waals surface area contributed by atoms with Crippen LogP contribution in [0.4, 0.5) is 0 Å². The van der Waals surface area contributed by atoms with Crippen LogP contribution in [0.15, 0.2) is 78.9 Å². The maximum absolute atomic E-state index is 14.3. The van der Waals surface area contributed by atoms with Crippen molar-refractivity contribution in [2.45, 2.75) is 104 Å². The lowest BCUT2D eigenvalue weighted by Crippen LogP contribution is -2.50. The number of nitrogens with one attached hydrogen (secondary N) is 4. The van der Waals surface area contributed by atoms with Crippen LogP contribution in [0.2, 0.25) is 0 Å². The number of likely N-dealkylation sites (N-methyl/N-ethyl adjacent to an activating group) is 1. The predicted molar refractivity (Wildman–Crippen MR) is 193 cm³/mol. The molecule has 0 radical (unpaired) electrons. The Kier molecular flexibility index (Phi) is 11.7. The Morgan fingerprint density at radius 2 is 1.12 bits per heavy atom. The Bertz CT molecular complexity index is 1560. The first-order chi connectivity index (χ1) is 22.1. The number of hydrogen-bond donors (Lipinski definition) is 4. The fourth-order valence-corrected chi connectivity index (χ4v) is 5.59. The summed E-state index contributed by atoms with van der Waals surface area (Å²) in [6.07, 6.45) is 0.315. The molecule has 3 aromatic rings. The molecule has 0 fully saturated rings. The Balaban J connectivity index is 2.14. The van der Waals surface area contributed by atoms with Gasteiger partial charge in [-0.05, 0) is 96.2 Å². The molecule has 3 aromatic carbocycles. The van der Waals surface area contributed by atoms with Crippen LogP contribution in [-0.2, 0) is 26.2 Å². The topological polar surface area (TPSA) is 116 Å². The first kappa shape index (κ1) is 38.0. The van der Waals surface area contributed by atoms with Gasteiger partial charge in [0, 0.05) is 35.0 Å². The summed E-state index contributed by atoms with van der Waals surface area (Å²) in [6.45, 7) is 18.9. The normalized spacial score (nSPS) is 13.0. The van der Waals surface area contributed by atoms with Crippen molar-refractivity contribution in [3.63, 3.8) is 0 Å². The molecular formula is C40H54N4O4. The summed E-state index contributed by atoms with van der Waals surface area (Å²) in [6, 6.07) is 23.6. The molecule has 4 amide bonds. The molecule has 0 bridgehead atoms. The van der Waals surface area contributed by atoms with Gasteiger partial charge in [0.1, 0.15) is 6.04 Å². The van der Waals surface area contributed by atoms with Gasteiger partial charge in [-0.1, -0.05) is 80.6 Å². The molecule has 0 heterocycles. The first-order valence-electron chi connectivity index (χ1n) is 16.6. The molecule has 0 aromatic heterocycles. The van der Waals surface area contributed by atoms with E-state index in [9.17, 15) is 19.2 Å². The SMILES string of the molecule is CNC(=O)C(NC(=O)c1cc(CC(C)(C)C(=O)NC(C)(C)C)cc(C(C)(C)C(=O)NC(C)(C)C)c1)C(c1ccccc1)c1ccccc1. The van der Waals surface area contributed by atoms with Crippen LogP contribution in [0.3, 0.4) is 0 Å².